The quantitative estimate of drug-likeness (QED) is 0.811. The zero-order valence-corrected chi connectivity index (χ0v) is 15.7. The lowest BCUT2D eigenvalue weighted by Gasteiger charge is -2.26. The van der Waals surface area contributed by atoms with Crippen molar-refractivity contribution in [2.24, 2.45) is 11.8 Å². The summed E-state index contributed by atoms with van der Waals surface area (Å²) in [5.41, 5.74) is 2.00. The number of hydrogen-bond acceptors (Lipinski definition) is 5. The van der Waals surface area contributed by atoms with E-state index in [2.05, 4.69) is 13.8 Å². The number of rotatable bonds is 7. The van der Waals surface area contributed by atoms with Gasteiger partial charge in [0.15, 0.2) is 23.0 Å². The van der Waals surface area contributed by atoms with Crippen molar-refractivity contribution in [3.8, 4) is 23.0 Å². The molecule has 0 amide bonds. The zero-order valence-electron chi connectivity index (χ0n) is 15.7. The molecule has 1 N–H and O–H groups in total. The molecule has 2 aromatic rings. The second kappa shape index (κ2) is 7.87. The van der Waals surface area contributed by atoms with Crippen molar-refractivity contribution in [2.75, 3.05) is 21.0 Å². The summed E-state index contributed by atoms with van der Waals surface area (Å²) in [6, 6.07) is 11.6. The molecule has 3 atom stereocenters. The number of aliphatic hydroxyl groups is 1. The Morgan fingerprint density at radius 2 is 1.69 bits per heavy atom. The van der Waals surface area contributed by atoms with E-state index in [1.54, 1.807) is 14.2 Å². The largest absolute Gasteiger partial charge is 0.493 e. The maximum absolute atomic E-state index is 10.8. The Bertz CT molecular complexity index is 758. The molecule has 1 heterocycles. The number of hydrogen-bond donors (Lipinski definition) is 1. The highest BCUT2D eigenvalue weighted by Crippen LogP contribution is 2.38. The second-order valence-corrected chi connectivity index (χ2v) is 6.79. The summed E-state index contributed by atoms with van der Waals surface area (Å²) >= 11 is 0. The molecule has 0 bridgehead atoms. The van der Waals surface area contributed by atoms with E-state index in [-0.39, 0.29) is 18.6 Å². The first-order valence-electron chi connectivity index (χ1n) is 8.82. The monoisotopic (exact) mass is 358 g/mol. The number of benzene rings is 2. The van der Waals surface area contributed by atoms with Gasteiger partial charge < -0.3 is 24.1 Å². The van der Waals surface area contributed by atoms with Crippen molar-refractivity contribution >= 4 is 0 Å². The van der Waals surface area contributed by atoms with Gasteiger partial charge in [0, 0.05) is 0 Å². The van der Waals surface area contributed by atoms with Crippen molar-refractivity contribution in [1.29, 1.82) is 0 Å². The molecule has 5 nitrogen and oxygen atoms in total. The summed E-state index contributed by atoms with van der Waals surface area (Å²) in [4.78, 5) is 0. The first-order chi connectivity index (χ1) is 12.5. The first kappa shape index (κ1) is 18.4. The summed E-state index contributed by atoms with van der Waals surface area (Å²) in [5, 5.41) is 10.8. The second-order valence-electron chi connectivity index (χ2n) is 6.79. The Morgan fingerprint density at radius 1 is 0.962 bits per heavy atom. The van der Waals surface area contributed by atoms with Gasteiger partial charge in [0.05, 0.1) is 20.3 Å². The van der Waals surface area contributed by atoms with Crippen molar-refractivity contribution in [1.82, 2.24) is 0 Å². The average molecular weight is 358 g/mol. The molecule has 3 rings (SSSR count). The van der Waals surface area contributed by atoms with Crippen LogP contribution in [0.5, 0.6) is 23.0 Å². The van der Waals surface area contributed by atoms with Crippen LogP contribution >= 0.6 is 0 Å². The minimum absolute atomic E-state index is 0.0727. The number of aliphatic hydroxyl groups excluding tert-OH is 1. The molecule has 140 valence electrons. The minimum Gasteiger partial charge on any atom is -0.493 e. The molecular weight excluding hydrogens is 332 g/mol. The summed E-state index contributed by atoms with van der Waals surface area (Å²) in [6.45, 7) is 4.46. The van der Waals surface area contributed by atoms with Crippen molar-refractivity contribution < 1.29 is 24.1 Å². The minimum atomic E-state index is -0.570. The van der Waals surface area contributed by atoms with Crippen LogP contribution in [0.2, 0.25) is 0 Å². The molecule has 0 saturated heterocycles. The fourth-order valence-corrected chi connectivity index (χ4v) is 3.28. The summed E-state index contributed by atoms with van der Waals surface area (Å²) in [7, 11) is 3.26. The van der Waals surface area contributed by atoms with E-state index in [0.29, 0.717) is 5.75 Å². The molecule has 2 aromatic carbocycles. The van der Waals surface area contributed by atoms with E-state index in [1.165, 1.54) is 0 Å². The topological polar surface area (TPSA) is 57.2 Å². The van der Waals surface area contributed by atoms with Crippen LogP contribution in [0.25, 0.3) is 0 Å². The highest BCUT2D eigenvalue weighted by Gasteiger charge is 2.25. The molecule has 1 aliphatic rings. The molecular formula is C21H26O5. The van der Waals surface area contributed by atoms with Crippen LogP contribution in [0, 0.1) is 11.8 Å². The van der Waals surface area contributed by atoms with Gasteiger partial charge in [0.1, 0.15) is 0 Å². The highest BCUT2D eigenvalue weighted by atomic mass is 16.7. The van der Waals surface area contributed by atoms with Gasteiger partial charge in [-0.25, -0.2) is 0 Å². The highest BCUT2D eigenvalue weighted by molar-refractivity contribution is 5.45. The third-order valence-corrected chi connectivity index (χ3v) is 5.14. The lowest BCUT2D eigenvalue weighted by Crippen LogP contribution is -2.19. The van der Waals surface area contributed by atoms with Crippen LogP contribution in [-0.2, 0) is 6.42 Å². The van der Waals surface area contributed by atoms with E-state index in [1.807, 2.05) is 36.4 Å². The molecule has 0 saturated carbocycles. The Labute approximate surface area is 154 Å². The van der Waals surface area contributed by atoms with Gasteiger partial charge in [-0.2, -0.15) is 0 Å². The predicted octanol–water partition coefficient (Wildman–Crippen LogP) is 3.98. The summed E-state index contributed by atoms with van der Waals surface area (Å²) in [5.74, 6) is 3.21. The maximum atomic E-state index is 10.8. The third-order valence-electron chi connectivity index (χ3n) is 5.14. The number of fused-ring (bicyclic) bond motifs is 1. The van der Waals surface area contributed by atoms with Crippen molar-refractivity contribution in [3.63, 3.8) is 0 Å². The number of ether oxygens (including phenoxy) is 4. The standard InChI is InChI=1S/C21H26O5/c1-13(9-15-5-7-17(23-3)19(10-15)24-4)14(2)21(22)16-6-8-18-20(11-16)26-12-25-18/h5-8,10-11,13-14,21-22H,9,12H2,1-4H3/t13-,14-,21?/m1/s1. The van der Waals surface area contributed by atoms with Gasteiger partial charge in [-0.3, -0.25) is 0 Å². The Balaban J connectivity index is 1.70. The molecule has 0 radical (unpaired) electrons. The Kier molecular flexibility index (Phi) is 5.57. The lowest BCUT2D eigenvalue weighted by atomic mass is 9.83. The fraction of sp³-hybridized carbons (Fsp3) is 0.429. The van der Waals surface area contributed by atoms with Crippen LogP contribution in [0.4, 0.5) is 0 Å². The van der Waals surface area contributed by atoms with Crippen molar-refractivity contribution in [2.45, 2.75) is 26.4 Å². The van der Waals surface area contributed by atoms with Crippen LogP contribution in [0.3, 0.4) is 0 Å². The molecule has 0 fully saturated rings. The molecule has 5 heteroatoms. The molecule has 1 unspecified atom stereocenters. The van der Waals surface area contributed by atoms with Gasteiger partial charge >= 0.3 is 0 Å². The van der Waals surface area contributed by atoms with Crippen LogP contribution in [0.1, 0.15) is 31.1 Å². The normalized spacial score (nSPS) is 16.0. The number of methoxy groups -OCH3 is 2. The van der Waals surface area contributed by atoms with Crippen LogP contribution < -0.4 is 18.9 Å². The van der Waals surface area contributed by atoms with E-state index in [9.17, 15) is 5.11 Å². The van der Waals surface area contributed by atoms with Gasteiger partial charge in [-0.15, -0.1) is 0 Å². The fourth-order valence-electron chi connectivity index (χ4n) is 3.28. The van der Waals surface area contributed by atoms with Crippen LogP contribution in [-0.4, -0.2) is 26.1 Å². The summed E-state index contributed by atoms with van der Waals surface area (Å²) in [6.07, 6.45) is 0.267. The van der Waals surface area contributed by atoms with Gasteiger partial charge in [-0.05, 0) is 53.6 Å². The van der Waals surface area contributed by atoms with E-state index < -0.39 is 6.10 Å². The smallest absolute Gasteiger partial charge is 0.231 e. The Hall–Kier alpha value is -2.40. The lowest BCUT2D eigenvalue weighted by molar-refractivity contribution is 0.0869. The van der Waals surface area contributed by atoms with Gasteiger partial charge in [-0.1, -0.05) is 26.0 Å². The zero-order chi connectivity index (χ0) is 18.7. The predicted molar refractivity (Wildman–Crippen MR) is 99.1 cm³/mol. The molecule has 26 heavy (non-hydrogen) atoms. The van der Waals surface area contributed by atoms with Gasteiger partial charge in [0.25, 0.3) is 0 Å². The van der Waals surface area contributed by atoms with E-state index in [4.69, 9.17) is 18.9 Å². The third kappa shape index (κ3) is 3.73. The van der Waals surface area contributed by atoms with Crippen LogP contribution in [0.15, 0.2) is 36.4 Å². The van der Waals surface area contributed by atoms with E-state index >= 15 is 0 Å². The van der Waals surface area contributed by atoms with Crippen molar-refractivity contribution in [3.05, 3.63) is 47.5 Å². The SMILES string of the molecule is COc1ccc(C[C@@H](C)[C@@H](C)C(O)c2ccc3c(c2)OCO3)cc1OC. The molecule has 1 aliphatic heterocycles. The molecule has 0 aromatic heterocycles. The average Bonchev–Trinajstić information content (AvgIpc) is 3.14. The van der Waals surface area contributed by atoms with E-state index in [0.717, 1.165) is 34.8 Å². The molecule has 0 spiro atoms. The maximum Gasteiger partial charge on any atom is 0.231 e. The Morgan fingerprint density at radius 3 is 2.42 bits per heavy atom. The van der Waals surface area contributed by atoms with Gasteiger partial charge in [0.2, 0.25) is 6.79 Å². The molecule has 0 aliphatic carbocycles. The summed E-state index contributed by atoms with van der Waals surface area (Å²) < 4.78 is 21.4. The first-order valence-corrected chi connectivity index (χ1v) is 8.82.